The molecule has 0 fully saturated rings. The minimum Gasteiger partial charge on any atom is -0.487 e. The lowest BCUT2D eigenvalue weighted by Gasteiger charge is -2.31. The molecule has 0 bridgehead atoms. The lowest BCUT2D eigenvalue weighted by atomic mass is 9.92. The highest BCUT2D eigenvalue weighted by molar-refractivity contribution is 6.00. The molecule has 1 aliphatic heterocycles. The summed E-state index contributed by atoms with van der Waals surface area (Å²) in [6.45, 7) is 4.26. The monoisotopic (exact) mass is 391 g/mol. The van der Waals surface area contributed by atoms with E-state index in [4.69, 9.17) is 4.74 Å². The Kier molecular flexibility index (Phi) is 6.86. The summed E-state index contributed by atoms with van der Waals surface area (Å²) in [4.78, 5) is 24.4. The van der Waals surface area contributed by atoms with Gasteiger partial charge in [-0.15, -0.1) is 0 Å². The number of carbonyl (C=O) groups is 2. The van der Waals surface area contributed by atoms with E-state index in [2.05, 4.69) is 29.6 Å². The predicted molar refractivity (Wildman–Crippen MR) is 116 cm³/mol. The number of nitrogens with one attached hydrogen (secondary N) is 1. The molecule has 0 atom stereocenters. The summed E-state index contributed by atoms with van der Waals surface area (Å²) in [5.41, 5.74) is 2.26. The molecule has 1 heterocycles. The highest BCUT2D eigenvalue weighted by atomic mass is 16.5. The fourth-order valence-corrected chi connectivity index (χ4v) is 3.43. The second-order valence-corrected chi connectivity index (χ2v) is 8.13. The van der Waals surface area contributed by atoms with Gasteiger partial charge in [0, 0.05) is 13.0 Å². The van der Waals surface area contributed by atoms with Crippen molar-refractivity contribution in [3.8, 4) is 5.75 Å². The Bertz CT molecular complexity index is 884. The van der Waals surface area contributed by atoms with Gasteiger partial charge in [-0.2, -0.15) is 0 Å². The van der Waals surface area contributed by atoms with Crippen LogP contribution in [0, 0.1) is 0 Å². The molecule has 152 valence electrons. The molecule has 0 spiro atoms. The molecule has 0 saturated heterocycles. The van der Waals surface area contributed by atoms with E-state index in [-0.39, 0.29) is 11.7 Å². The number of unbranched alkanes of at least 4 members (excludes halogenated alkanes) is 2. The zero-order chi connectivity index (χ0) is 20.7. The molecular weight excluding hydrogens is 362 g/mol. The van der Waals surface area contributed by atoms with Gasteiger partial charge in [0.1, 0.15) is 11.4 Å². The minimum atomic E-state index is -0.462. The summed E-state index contributed by atoms with van der Waals surface area (Å²) in [7, 11) is 0. The number of hydrogen-bond donors (Lipinski definition) is 1. The lowest BCUT2D eigenvalue weighted by molar-refractivity contribution is -0.121. The van der Waals surface area contributed by atoms with Crippen LogP contribution >= 0.6 is 0 Å². The van der Waals surface area contributed by atoms with E-state index in [1.807, 2.05) is 50.2 Å². The Labute approximate surface area is 173 Å². The van der Waals surface area contributed by atoms with Gasteiger partial charge < -0.3 is 10.1 Å². The van der Waals surface area contributed by atoms with Crippen LogP contribution in [0.4, 0.5) is 0 Å². The van der Waals surface area contributed by atoms with Crippen molar-refractivity contribution >= 4 is 17.8 Å². The molecule has 1 N–H and O–H groups in total. The number of amides is 1. The summed E-state index contributed by atoms with van der Waals surface area (Å²) in [5.74, 6) is 0.760. The highest BCUT2D eigenvalue weighted by Crippen LogP contribution is 2.33. The number of allylic oxidation sites excluding steroid dienone is 1. The van der Waals surface area contributed by atoms with Crippen LogP contribution in [-0.4, -0.2) is 17.3 Å². The maximum absolute atomic E-state index is 12.3. The molecule has 4 nitrogen and oxygen atoms in total. The van der Waals surface area contributed by atoms with E-state index >= 15 is 0 Å². The molecule has 0 aliphatic carbocycles. The van der Waals surface area contributed by atoms with E-state index in [9.17, 15) is 9.59 Å². The van der Waals surface area contributed by atoms with Crippen LogP contribution in [0.1, 0.15) is 67.4 Å². The third-order valence-electron chi connectivity index (χ3n) is 4.94. The second kappa shape index (κ2) is 9.55. The zero-order valence-electron chi connectivity index (χ0n) is 17.2. The van der Waals surface area contributed by atoms with E-state index in [0.29, 0.717) is 30.7 Å². The second-order valence-electron chi connectivity index (χ2n) is 8.13. The molecule has 2 aromatic carbocycles. The number of Topliss-reactive ketones (excluding diaryl/α,β-unsaturated/α-hetero) is 1. The van der Waals surface area contributed by atoms with E-state index in [0.717, 1.165) is 24.8 Å². The molecule has 4 heteroatoms. The van der Waals surface area contributed by atoms with Gasteiger partial charge in [-0.25, -0.2) is 0 Å². The SMILES string of the molecule is CC1(C)CC(=O)c2cc(CNC(=O)CCCCC=Cc3ccccc3)ccc2O1. The number of ketones is 1. The number of fused-ring (bicyclic) bond motifs is 1. The highest BCUT2D eigenvalue weighted by Gasteiger charge is 2.32. The largest absolute Gasteiger partial charge is 0.487 e. The first-order chi connectivity index (χ1) is 13.9. The number of carbonyl (C=O) groups excluding carboxylic acids is 2. The lowest BCUT2D eigenvalue weighted by Crippen LogP contribution is -2.36. The molecular formula is C25H29NO3. The van der Waals surface area contributed by atoms with Gasteiger partial charge >= 0.3 is 0 Å². The quantitative estimate of drug-likeness (QED) is 0.620. The molecule has 29 heavy (non-hydrogen) atoms. The van der Waals surface area contributed by atoms with Crippen molar-refractivity contribution in [2.45, 2.75) is 58.1 Å². The number of benzene rings is 2. The standard InChI is InChI=1S/C25H29NO3/c1-25(2)17-22(27)21-16-20(14-15-23(21)29-25)18-26-24(28)13-9-4-3-6-10-19-11-7-5-8-12-19/h5-8,10-12,14-16H,3-4,9,13,17-18H2,1-2H3,(H,26,28). The number of rotatable bonds is 8. The topological polar surface area (TPSA) is 55.4 Å². The van der Waals surface area contributed by atoms with E-state index < -0.39 is 5.60 Å². The van der Waals surface area contributed by atoms with Crippen molar-refractivity contribution in [2.24, 2.45) is 0 Å². The summed E-state index contributed by atoms with van der Waals surface area (Å²) in [6, 6.07) is 15.8. The van der Waals surface area contributed by atoms with Crippen LogP contribution in [0.15, 0.2) is 54.6 Å². The smallest absolute Gasteiger partial charge is 0.220 e. The molecule has 0 radical (unpaired) electrons. The van der Waals surface area contributed by atoms with Gasteiger partial charge in [0.15, 0.2) is 5.78 Å². The first-order valence-corrected chi connectivity index (χ1v) is 10.3. The average Bonchev–Trinajstić information content (AvgIpc) is 2.69. The molecule has 1 amide bonds. The van der Waals surface area contributed by atoms with Crippen molar-refractivity contribution in [3.63, 3.8) is 0 Å². The Hall–Kier alpha value is -2.88. The fraction of sp³-hybridized carbons (Fsp3) is 0.360. The van der Waals surface area contributed by atoms with Crippen LogP contribution in [0.3, 0.4) is 0 Å². The van der Waals surface area contributed by atoms with Crippen molar-refractivity contribution in [1.29, 1.82) is 0 Å². The van der Waals surface area contributed by atoms with Crippen molar-refractivity contribution in [3.05, 3.63) is 71.3 Å². The Balaban J connectivity index is 1.38. The van der Waals surface area contributed by atoms with E-state index in [1.165, 1.54) is 5.56 Å². The van der Waals surface area contributed by atoms with Gasteiger partial charge in [0.05, 0.1) is 12.0 Å². The van der Waals surface area contributed by atoms with Gasteiger partial charge in [-0.1, -0.05) is 48.6 Å². The maximum Gasteiger partial charge on any atom is 0.220 e. The fourth-order valence-electron chi connectivity index (χ4n) is 3.43. The minimum absolute atomic E-state index is 0.0402. The van der Waals surface area contributed by atoms with Crippen LogP contribution in [0.2, 0.25) is 0 Å². The van der Waals surface area contributed by atoms with Crippen LogP contribution in [0.25, 0.3) is 6.08 Å². The third-order valence-corrected chi connectivity index (χ3v) is 4.94. The first kappa shape index (κ1) is 20.8. The summed E-state index contributed by atoms with van der Waals surface area (Å²) >= 11 is 0. The van der Waals surface area contributed by atoms with Gasteiger partial charge in [-0.05, 0) is 56.4 Å². The first-order valence-electron chi connectivity index (χ1n) is 10.3. The molecule has 1 aliphatic rings. The third kappa shape index (κ3) is 6.31. The summed E-state index contributed by atoms with van der Waals surface area (Å²) in [5, 5.41) is 2.94. The van der Waals surface area contributed by atoms with Gasteiger partial charge in [0.2, 0.25) is 5.91 Å². The number of hydrogen-bond acceptors (Lipinski definition) is 3. The van der Waals surface area contributed by atoms with Crippen LogP contribution in [0.5, 0.6) is 5.75 Å². The van der Waals surface area contributed by atoms with Crippen LogP contribution < -0.4 is 10.1 Å². The maximum atomic E-state index is 12.3. The van der Waals surface area contributed by atoms with Crippen molar-refractivity contribution in [2.75, 3.05) is 0 Å². The Morgan fingerprint density at radius 1 is 1.14 bits per heavy atom. The molecule has 0 unspecified atom stereocenters. The molecule has 2 aromatic rings. The average molecular weight is 392 g/mol. The Morgan fingerprint density at radius 3 is 2.72 bits per heavy atom. The summed E-state index contributed by atoms with van der Waals surface area (Å²) in [6.07, 6.45) is 7.96. The zero-order valence-corrected chi connectivity index (χ0v) is 17.2. The Morgan fingerprint density at radius 2 is 1.93 bits per heavy atom. The van der Waals surface area contributed by atoms with Gasteiger partial charge in [0.25, 0.3) is 0 Å². The molecule has 3 rings (SSSR count). The van der Waals surface area contributed by atoms with E-state index in [1.54, 1.807) is 0 Å². The number of ether oxygens (including phenoxy) is 1. The van der Waals surface area contributed by atoms with Crippen LogP contribution in [-0.2, 0) is 11.3 Å². The molecule has 0 aromatic heterocycles. The molecule has 0 saturated carbocycles. The summed E-state index contributed by atoms with van der Waals surface area (Å²) < 4.78 is 5.87. The predicted octanol–water partition coefficient (Wildman–Crippen LogP) is 5.32. The normalized spacial score (nSPS) is 15.0. The van der Waals surface area contributed by atoms with Crippen molar-refractivity contribution < 1.29 is 14.3 Å². The van der Waals surface area contributed by atoms with Gasteiger partial charge in [-0.3, -0.25) is 9.59 Å². The van der Waals surface area contributed by atoms with Crippen molar-refractivity contribution in [1.82, 2.24) is 5.32 Å².